The van der Waals surface area contributed by atoms with E-state index in [-0.39, 0.29) is 28.2 Å². The first-order chi connectivity index (χ1) is 22.8. The van der Waals surface area contributed by atoms with Crippen LogP contribution in [0.2, 0.25) is 0 Å². The summed E-state index contributed by atoms with van der Waals surface area (Å²) >= 11 is 0.967. The molecule has 0 spiro atoms. The highest BCUT2D eigenvalue weighted by atomic mass is 32.3. The number of hydrogen-bond donors (Lipinski definition) is 6. The molecule has 3 saturated carbocycles. The number of nitrogens with two attached hydrogens (primary N) is 3. The van der Waals surface area contributed by atoms with E-state index < -0.39 is 57.2 Å². The Labute approximate surface area is 284 Å². The molecule has 1 aromatic carbocycles. The van der Waals surface area contributed by atoms with Crippen molar-refractivity contribution < 1.29 is 46.3 Å². The second-order valence-electron chi connectivity index (χ2n) is 13.6. The van der Waals surface area contributed by atoms with Crippen LogP contribution < -0.4 is 27.3 Å². The Hall–Kier alpha value is -4.37. The van der Waals surface area contributed by atoms with Crippen LogP contribution in [0.5, 0.6) is 5.75 Å². The number of aliphatic imine (C=N–C) groups is 1. The zero-order chi connectivity index (χ0) is 35.7. The number of amidine groups is 1. The smallest absolute Gasteiger partial charge is 0.418 e. The number of carbonyl (C=O) groups is 3. The van der Waals surface area contributed by atoms with Gasteiger partial charge in [-0.05, 0) is 88.6 Å². The first kappa shape index (κ1) is 34.5. The van der Waals surface area contributed by atoms with Gasteiger partial charge in [-0.3, -0.25) is 19.1 Å². The van der Waals surface area contributed by atoms with Crippen molar-refractivity contribution in [1.29, 1.82) is 0 Å². The number of carbonyl (C=O) groups excluding carboxylic acids is 2. The van der Waals surface area contributed by atoms with Crippen molar-refractivity contribution in [2.24, 2.45) is 27.0 Å². The second kappa shape index (κ2) is 11.6. The maximum Gasteiger partial charge on any atom is 0.418 e. The fourth-order valence-electron chi connectivity index (χ4n) is 6.93. The molecule has 2 bridgehead atoms. The molecule has 0 radical (unpaired) electrons. The number of aromatic nitrogens is 1. The molecule has 2 aromatic rings. The highest BCUT2D eigenvalue weighted by molar-refractivity contribution is 7.80. The van der Waals surface area contributed by atoms with Crippen molar-refractivity contribution in [3.05, 3.63) is 40.4 Å². The van der Waals surface area contributed by atoms with Gasteiger partial charge in [-0.1, -0.05) is 5.16 Å². The van der Waals surface area contributed by atoms with Crippen LogP contribution in [-0.2, 0) is 40.3 Å². The summed E-state index contributed by atoms with van der Waals surface area (Å²) in [6.07, 6.45) is 2.36. The highest BCUT2D eigenvalue weighted by Gasteiger charge is 2.67. The van der Waals surface area contributed by atoms with Crippen LogP contribution in [0, 0.1) is 5.41 Å². The van der Waals surface area contributed by atoms with Crippen molar-refractivity contribution in [2.45, 2.75) is 81.7 Å². The fourth-order valence-corrected chi connectivity index (χ4v) is 7.93. The Morgan fingerprint density at radius 1 is 1.29 bits per heavy atom. The van der Waals surface area contributed by atoms with Gasteiger partial charge in [0.05, 0.1) is 11.1 Å². The summed E-state index contributed by atoms with van der Waals surface area (Å²) in [6.45, 7) is 4.64. The van der Waals surface area contributed by atoms with E-state index in [0.29, 0.717) is 29.6 Å². The number of fused-ring (bicyclic) bond motifs is 1. The van der Waals surface area contributed by atoms with E-state index in [1.165, 1.54) is 26.2 Å². The predicted molar refractivity (Wildman–Crippen MR) is 174 cm³/mol. The molecule has 5 aliphatic rings. The summed E-state index contributed by atoms with van der Waals surface area (Å²) in [5.74, 6) is -2.60. The number of carboxylic acids is 1. The van der Waals surface area contributed by atoms with Crippen LogP contribution >= 0.6 is 11.3 Å². The van der Waals surface area contributed by atoms with Crippen molar-refractivity contribution in [1.82, 2.24) is 15.4 Å². The monoisotopic (exact) mass is 720 g/mol. The lowest BCUT2D eigenvalue weighted by Gasteiger charge is -2.68. The van der Waals surface area contributed by atoms with E-state index in [4.69, 9.17) is 36.3 Å². The molecule has 1 saturated heterocycles. The van der Waals surface area contributed by atoms with Gasteiger partial charge in [0.2, 0.25) is 0 Å². The third kappa shape index (κ3) is 6.07. The topological polar surface area (TPSA) is 284 Å². The fraction of sp³-hybridized carbons (Fsp3) is 0.517. The van der Waals surface area contributed by atoms with Gasteiger partial charge in [-0.25, -0.2) is 9.78 Å². The Bertz CT molecular complexity index is 1890. The number of ether oxygens (including phenoxy) is 1. The number of hydrogen-bond acceptors (Lipinski definition) is 14. The zero-order valence-electron chi connectivity index (χ0n) is 26.7. The van der Waals surface area contributed by atoms with Crippen LogP contribution in [0.3, 0.4) is 0 Å². The summed E-state index contributed by atoms with van der Waals surface area (Å²) in [5.41, 5.74) is 15.5. The number of β-lactam (4-membered cyclic amide) rings is 1. The molecule has 49 heavy (non-hydrogen) atoms. The van der Waals surface area contributed by atoms with Crippen molar-refractivity contribution in [3.63, 3.8) is 0 Å². The van der Waals surface area contributed by atoms with Crippen LogP contribution in [-0.4, -0.2) is 92.8 Å². The molecule has 4 fully saturated rings. The number of nitrogen functional groups attached to an aromatic ring is 1. The summed E-state index contributed by atoms with van der Waals surface area (Å²) in [4.78, 5) is 53.1. The van der Waals surface area contributed by atoms with E-state index >= 15 is 0 Å². The number of nitrogens with zero attached hydrogens (tertiary/aromatic N) is 4. The number of anilines is 1. The average Bonchev–Trinajstić information content (AvgIpc) is 3.43. The van der Waals surface area contributed by atoms with Gasteiger partial charge in [-0.2, -0.15) is 13.5 Å². The summed E-state index contributed by atoms with van der Waals surface area (Å²) in [6, 6.07) is 3.98. The van der Waals surface area contributed by atoms with E-state index in [9.17, 15) is 27.9 Å². The summed E-state index contributed by atoms with van der Waals surface area (Å²) in [5, 5.41) is 18.4. The number of aliphatic carboxylic acids is 1. The molecule has 3 atom stereocenters. The number of benzene rings is 1. The SMILES string of the molecule is CC(ON=C(C(=O)NC1C(=O)N(OS(=O)(=O)O)C1(C)C)c1csc(N)n1)(C(=O)O)C1CCc2cc(C(N)=NC34CC(CN)(C3)C4)ccc2O1. The van der Waals surface area contributed by atoms with E-state index in [0.717, 1.165) is 41.7 Å². The first-order valence-corrected chi connectivity index (χ1v) is 17.4. The molecule has 9 N–H and O–H groups in total. The molecule has 20 heteroatoms. The predicted octanol–water partition coefficient (Wildman–Crippen LogP) is 0.110. The standard InChI is InChI=1S/C29H36N8O10S2/c1-26(2)20(23(39)37(26)47-49(42,43)44)34-22(38)19(16-9-48-25(32)33-16)36-46-27(3,24(40)41)18-7-5-14-8-15(4-6-17(14)45-18)21(31)35-29-10-28(11-29,12-29)13-30/h4,6,8-9,18,20H,5,7,10-13,30H2,1-3H3,(H2,31,35)(H2,32,33)(H,34,38)(H,40,41)(H,42,43,44). The number of hydroxylamine groups is 2. The first-order valence-electron chi connectivity index (χ1n) is 15.2. The van der Waals surface area contributed by atoms with Crippen molar-refractivity contribution in [3.8, 4) is 5.75 Å². The number of oxime groups is 1. The number of carboxylic acid groups (broad SMARTS) is 1. The average molecular weight is 721 g/mol. The molecule has 7 rings (SSSR count). The molecule has 2 amide bonds. The molecular formula is C29H36N8O10S2. The Morgan fingerprint density at radius 2 is 1.98 bits per heavy atom. The van der Waals surface area contributed by atoms with Gasteiger partial charge < -0.3 is 37.2 Å². The van der Waals surface area contributed by atoms with Gasteiger partial charge in [-0.15, -0.1) is 15.6 Å². The number of rotatable bonds is 12. The lowest BCUT2D eigenvalue weighted by Crippen LogP contribution is -2.76. The minimum atomic E-state index is -5.03. The van der Waals surface area contributed by atoms with Gasteiger partial charge in [0, 0.05) is 10.9 Å². The molecule has 18 nitrogen and oxygen atoms in total. The van der Waals surface area contributed by atoms with Gasteiger partial charge in [0.25, 0.3) is 17.4 Å². The molecule has 3 aliphatic carbocycles. The van der Waals surface area contributed by atoms with Gasteiger partial charge in [0.1, 0.15) is 23.3 Å². The normalized spacial score (nSPS) is 28.5. The van der Waals surface area contributed by atoms with Crippen LogP contribution in [0.1, 0.15) is 63.3 Å². The lowest BCUT2D eigenvalue weighted by atomic mass is 9.39. The number of thiazole rings is 1. The largest absolute Gasteiger partial charge is 0.485 e. The van der Waals surface area contributed by atoms with Crippen molar-refractivity contribution >= 4 is 56.2 Å². The maximum atomic E-state index is 13.5. The van der Waals surface area contributed by atoms with Gasteiger partial charge >= 0.3 is 16.4 Å². The minimum Gasteiger partial charge on any atom is -0.485 e. The minimum absolute atomic E-state index is 0.0604. The molecule has 2 aliphatic heterocycles. The quantitative estimate of drug-likeness (QED) is 0.0558. The molecule has 3 unspecified atom stereocenters. The Morgan fingerprint density at radius 3 is 2.55 bits per heavy atom. The van der Waals surface area contributed by atoms with Crippen molar-refractivity contribution in [2.75, 3.05) is 12.3 Å². The van der Waals surface area contributed by atoms with Crippen LogP contribution in [0.4, 0.5) is 5.13 Å². The number of nitrogens with one attached hydrogen (secondary N) is 1. The van der Waals surface area contributed by atoms with E-state index in [1.807, 2.05) is 6.07 Å². The molecule has 264 valence electrons. The third-order valence-electron chi connectivity index (χ3n) is 9.67. The van der Waals surface area contributed by atoms with Gasteiger partial charge in [0.15, 0.2) is 16.9 Å². The zero-order valence-corrected chi connectivity index (χ0v) is 28.3. The highest BCUT2D eigenvalue weighted by Crippen LogP contribution is 2.68. The third-order valence-corrected chi connectivity index (χ3v) is 10.7. The molecular weight excluding hydrogens is 684 g/mol. The molecule has 3 heterocycles. The van der Waals surface area contributed by atoms with Crippen LogP contribution in [0.25, 0.3) is 0 Å². The second-order valence-corrected chi connectivity index (χ2v) is 15.5. The van der Waals surface area contributed by atoms with E-state index in [2.05, 4.69) is 19.7 Å². The molecule has 1 aromatic heterocycles. The summed E-state index contributed by atoms with van der Waals surface area (Å²) in [7, 11) is -5.03. The Balaban J connectivity index is 1.19. The summed E-state index contributed by atoms with van der Waals surface area (Å²) < 4.78 is 41.8. The Kier molecular flexibility index (Phi) is 8.17. The van der Waals surface area contributed by atoms with E-state index in [1.54, 1.807) is 12.1 Å². The number of amides is 2. The van der Waals surface area contributed by atoms with Crippen LogP contribution in [0.15, 0.2) is 33.7 Å². The number of aryl methyl sites for hydroxylation is 1. The lowest BCUT2D eigenvalue weighted by molar-refractivity contribution is -0.218. The maximum absolute atomic E-state index is 13.5.